The monoisotopic (exact) mass is 337 g/mol. The number of hydrogen-bond donors (Lipinski definition) is 1. The van der Waals surface area contributed by atoms with Crippen LogP contribution in [0, 0.1) is 6.92 Å². The van der Waals surface area contributed by atoms with Gasteiger partial charge in [-0.2, -0.15) is 0 Å². The normalized spacial score (nSPS) is 18.8. The van der Waals surface area contributed by atoms with Gasteiger partial charge in [-0.15, -0.1) is 0 Å². The van der Waals surface area contributed by atoms with Crippen LogP contribution in [0.3, 0.4) is 0 Å². The molecule has 2 aromatic rings. The third-order valence-corrected chi connectivity index (χ3v) is 5.01. The molecule has 0 saturated heterocycles. The van der Waals surface area contributed by atoms with Gasteiger partial charge in [0, 0.05) is 12.0 Å². The van der Waals surface area contributed by atoms with E-state index in [0.29, 0.717) is 24.5 Å². The zero-order chi connectivity index (χ0) is 17.2. The first kappa shape index (κ1) is 16.0. The third kappa shape index (κ3) is 3.21. The van der Waals surface area contributed by atoms with Gasteiger partial charge in [-0.1, -0.05) is 24.3 Å². The highest BCUT2D eigenvalue weighted by atomic mass is 16.5. The van der Waals surface area contributed by atoms with E-state index < -0.39 is 0 Å². The van der Waals surface area contributed by atoms with Gasteiger partial charge in [0.1, 0.15) is 0 Å². The van der Waals surface area contributed by atoms with Crippen molar-refractivity contribution in [3.8, 4) is 11.5 Å². The number of amides is 1. The molecule has 1 aliphatic heterocycles. The quantitative estimate of drug-likeness (QED) is 0.902. The van der Waals surface area contributed by atoms with Crippen LogP contribution in [0.5, 0.6) is 11.5 Å². The Labute approximate surface area is 148 Å². The molecule has 0 saturated carbocycles. The van der Waals surface area contributed by atoms with E-state index in [1.807, 2.05) is 25.1 Å². The van der Waals surface area contributed by atoms with Crippen molar-refractivity contribution in [2.24, 2.45) is 0 Å². The smallest absolute Gasteiger partial charge is 0.252 e. The summed E-state index contributed by atoms with van der Waals surface area (Å²) in [7, 11) is 0. The first-order chi connectivity index (χ1) is 12.2. The maximum Gasteiger partial charge on any atom is 0.252 e. The van der Waals surface area contributed by atoms with E-state index in [2.05, 4.69) is 23.5 Å². The van der Waals surface area contributed by atoms with Crippen LogP contribution in [0.25, 0.3) is 0 Å². The van der Waals surface area contributed by atoms with Crippen LogP contribution in [0.1, 0.15) is 52.4 Å². The Hall–Kier alpha value is -2.49. The molecule has 2 aromatic carbocycles. The number of hydrogen-bond acceptors (Lipinski definition) is 3. The molecule has 4 heteroatoms. The molecule has 1 N–H and O–H groups in total. The number of nitrogens with one attached hydrogen (secondary N) is 1. The van der Waals surface area contributed by atoms with Crippen molar-refractivity contribution < 1.29 is 14.3 Å². The molecule has 1 unspecified atom stereocenters. The molecular weight excluding hydrogens is 314 g/mol. The third-order valence-electron chi connectivity index (χ3n) is 5.01. The molecule has 0 spiro atoms. The highest BCUT2D eigenvalue weighted by molar-refractivity contribution is 5.96. The summed E-state index contributed by atoms with van der Waals surface area (Å²) >= 11 is 0. The number of benzene rings is 2. The highest BCUT2D eigenvalue weighted by Gasteiger charge is 2.23. The van der Waals surface area contributed by atoms with Gasteiger partial charge in [-0.25, -0.2) is 0 Å². The number of carbonyl (C=O) groups excluding carboxylic acids is 1. The Bertz CT molecular complexity index is 800. The number of aryl methyl sites for hydroxylation is 2. The Morgan fingerprint density at radius 2 is 1.84 bits per heavy atom. The second-order valence-electron chi connectivity index (χ2n) is 6.78. The zero-order valence-electron chi connectivity index (χ0n) is 14.5. The molecule has 2 aliphatic rings. The van der Waals surface area contributed by atoms with Gasteiger partial charge in [0.15, 0.2) is 11.5 Å². The fourth-order valence-electron chi connectivity index (χ4n) is 3.69. The lowest BCUT2D eigenvalue weighted by Crippen LogP contribution is -2.31. The number of fused-ring (bicyclic) bond motifs is 2. The number of carbonyl (C=O) groups is 1. The molecule has 1 atom stereocenters. The van der Waals surface area contributed by atoms with E-state index >= 15 is 0 Å². The largest absolute Gasteiger partial charge is 0.490 e. The molecule has 0 radical (unpaired) electrons. The van der Waals surface area contributed by atoms with Gasteiger partial charge in [0.25, 0.3) is 5.91 Å². The molecule has 0 fully saturated rings. The molecule has 1 heterocycles. The Kier molecular flexibility index (Phi) is 4.35. The van der Waals surface area contributed by atoms with Crippen molar-refractivity contribution in [1.29, 1.82) is 0 Å². The van der Waals surface area contributed by atoms with Crippen LogP contribution in [0.2, 0.25) is 0 Å². The van der Waals surface area contributed by atoms with E-state index in [9.17, 15) is 4.79 Å². The average Bonchev–Trinajstić information content (AvgIpc) is 2.86. The SMILES string of the molecule is Cc1cc2c(cc1C(=O)NC1CCCc3ccccc31)OCCCO2. The number of ether oxygens (including phenoxy) is 2. The second kappa shape index (κ2) is 6.79. The van der Waals surface area contributed by atoms with Gasteiger partial charge >= 0.3 is 0 Å². The van der Waals surface area contributed by atoms with Crippen LogP contribution in [-0.2, 0) is 6.42 Å². The van der Waals surface area contributed by atoms with Crippen molar-refractivity contribution in [3.05, 3.63) is 58.7 Å². The van der Waals surface area contributed by atoms with Crippen molar-refractivity contribution >= 4 is 5.91 Å². The van der Waals surface area contributed by atoms with Gasteiger partial charge in [-0.3, -0.25) is 4.79 Å². The summed E-state index contributed by atoms with van der Waals surface area (Å²) in [5, 5.41) is 3.22. The lowest BCUT2D eigenvalue weighted by atomic mass is 9.87. The van der Waals surface area contributed by atoms with Gasteiger partial charge < -0.3 is 14.8 Å². The maximum atomic E-state index is 12.9. The summed E-state index contributed by atoms with van der Waals surface area (Å²) in [5.74, 6) is 1.35. The summed E-state index contributed by atoms with van der Waals surface area (Å²) in [6.45, 7) is 3.21. The summed E-state index contributed by atoms with van der Waals surface area (Å²) in [5.41, 5.74) is 4.15. The summed E-state index contributed by atoms with van der Waals surface area (Å²) in [6.07, 6.45) is 4.02. The van der Waals surface area contributed by atoms with Crippen LogP contribution < -0.4 is 14.8 Å². The minimum atomic E-state index is -0.0464. The predicted octanol–water partition coefficient (Wildman–Crippen LogP) is 3.96. The molecule has 0 aromatic heterocycles. The maximum absolute atomic E-state index is 12.9. The molecule has 25 heavy (non-hydrogen) atoms. The second-order valence-corrected chi connectivity index (χ2v) is 6.78. The fraction of sp³-hybridized carbons (Fsp3) is 0.381. The standard InChI is InChI=1S/C21H23NO3/c1-14-12-19-20(25-11-5-10-24-19)13-17(14)21(23)22-18-9-4-7-15-6-2-3-8-16(15)18/h2-3,6,8,12-13,18H,4-5,7,9-11H2,1H3,(H,22,23). The molecule has 1 aliphatic carbocycles. The predicted molar refractivity (Wildman–Crippen MR) is 96.4 cm³/mol. The molecular formula is C21H23NO3. The highest BCUT2D eigenvalue weighted by Crippen LogP contribution is 2.34. The first-order valence-electron chi connectivity index (χ1n) is 9.01. The molecule has 1 amide bonds. The van der Waals surface area contributed by atoms with Gasteiger partial charge in [-0.05, 0) is 55.0 Å². The van der Waals surface area contributed by atoms with Crippen molar-refractivity contribution in [3.63, 3.8) is 0 Å². The average molecular weight is 337 g/mol. The van der Waals surface area contributed by atoms with E-state index in [-0.39, 0.29) is 11.9 Å². The summed E-state index contributed by atoms with van der Waals surface area (Å²) in [6, 6.07) is 12.2. The minimum absolute atomic E-state index is 0.0464. The molecule has 4 rings (SSSR count). The van der Waals surface area contributed by atoms with Crippen molar-refractivity contribution in [2.45, 2.75) is 38.6 Å². The van der Waals surface area contributed by atoms with Gasteiger partial charge in [0.05, 0.1) is 19.3 Å². The van der Waals surface area contributed by atoms with Crippen molar-refractivity contribution in [1.82, 2.24) is 5.32 Å². The minimum Gasteiger partial charge on any atom is -0.490 e. The molecule has 4 nitrogen and oxygen atoms in total. The van der Waals surface area contributed by atoms with Gasteiger partial charge in [0.2, 0.25) is 0 Å². The number of rotatable bonds is 2. The Morgan fingerprint density at radius 1 is 1.08 bits per heavy atom. The Balaban J connectivity index is 1.59. The molecule has 130 valence electrons. The summed E-state index contributed by atoms with van der Waals surface area (Å²) in [4.78, 5) is 12.9. The first-order valence-corrected chi connectivity index (χ1v) is 9.01. The van der Waals surface area contributed by atoms with E-state index in [0.717, 1.165) is 37.0 Å². The van der Waals surface area contributed by atoms with E-state index in [1.54, 1.807) is 0 Å². The lowest BCUT2D eigenvalue weighted by Gasteiger charge is -2.26. The summed E-state index contributed by atoms with van der Waals surface area (Å²) < 4.78 is 11.4. The van der Waals surface area contributed by atoms with Crippen molar-refractivity contribution in [2.75, 3.05) is 13.2 Å². The molecule has 0 bridgehead atoms. The van der Waals surface area contributed by atoms with E-state index in [4.69, 9.17) is 9.47 Å². The van der Waals surface area contributed by atoms with Crippen LogP contribution in [-0.4, -0.2) is 19.1 Å². The topological polar surface area (TPSA) is 47.6 Å². The lowest BCUT2D eigenvalue weighted by molar-refractivity contribution is 0.0931. The van der Waals surface area contributed by atoms with Crippen LogP contribution in [0.15, 0.2) is 36.4 Å². The van der Waals surface area contributed by atoms with Crippen LogP contribution >= 0.6 is 0 Å². The fourth-order valence-corrected chi connectivity index (χ4v) is 3.69. The van der Waals surface area contributed by atoms with E-state index in [1.165, 1.54) is 11.1 Å². The van der Waals surface area contributed by atoms with Crippen LogP contribution in [0.4, 0.5) is 0 Å². The Morgan fingerprint density at radius 3 is 2.68 bits per heavy atom. The zero-order valence-corrected chi connectivity index (χ0v) is 14.5.